The van der Waals surface area contributed by atoms with Crippen molar-refractivity contribution in [1.29, 1.82) is 0 Å². The Morgan fingerprint density at radius 3 is 2.55 bits per heavy atom. The summed E-state index contributed by atoms with van der Waals surface area (Å²) >= 11 is 1.57. The fraction of sp³-hybridized carbons (Fsp3) is 0.458. The van der Waals surface area contributed by atoms with Crippen molar-refractivity contribution >= 4 is 33.4 Å². The van der Waals surface area contributed by atoms with Crippen LogP contribution in [-0.4, -0.2) is 69.1 Å². The standard InChI is InChI=1S/C24H32N4O3S2/c1-19-18-32-23-9-8-21(16-22(23)26-24(19)29)33(30,31)25-10-5-11-27-12-14-28(15-13-27)17-20-6-3-2-4-7-20/h2-4,6-9,16,19,25H,5,10-15,17-18H2,1H3,(H,26,29)/t19-/m1/s1. The number of piperazine rings is 1. The molecule has 1 saturated heterocycles. The average molecular weight is 489 g/mol. The summed E-state index contributed by atoms with van der Waals surface area (Å²) in [6.45, 7) is 8.17. The normalized spacial score (nSPS) is 20.2. The van der Waals surface area contributed by atoms with Gasteiger partial charge in [0.15, 0.2) is 0 Å². The molecular weight excluding hydrogens is 456 g/mol. The SMILES string of the molecule is C[C@@H]1CSc2ccc(S(=O)(=O)NCCCN3CCN(Cc4ccccc4)CC3)cc2NC1=O. The van der Waals surface area contributed by atoms with Crippen LogP contribution in [0.4, 0.5) is 5.69 Å². The van der Waals surface area contributed by atoms with Crippen LogP contribution in [0, 0.1) is 5.92 Å². The molecule has 0 aliphatic carbocycles. The predicted octanol–water partition coefficient (Wildman–Crippen LogP) is 2.85. The van der Waals surface area contributed by atoms with E-state index in [1.165, 1.54) is 5.56 Å². The zero-order chi connectivity index (χ0) is 23.3. The van der Waals surface area contributed by atoms with Crippen molar-refractivity contribution in [1.82, 2.24) is 14.5 Å². The number of hydrogen-bond acceptors (Lipinski definition) is 6. The fourth-order valence-electron chi connectivity index (χ4n) is 4.05. The van der Waals surface area contributed by atoms with Crippen molar-refractivity contribution in [3.8, 4) is 0 Å². The van der Waals surface area contributed by atoms with Crippen LogP contribution in [0.3, 0.4) is 0 Å². The Hall–Kier alpha value is -1.91. The number of carbonyl (C=O) groups is 1. The summed E-state index contributed by atoms with van der Waals surface area (Å²) < 4.78 is 28.2. The molecule has 9 heteroatoms. The second-order valence-electron chi connectivity index (χ2n) is 8.71. The van der Waals surface area contributed by atoms with Gasteiger partial charge in [-0.3, -0.25) is 9.69 Å². The number of hydrogen-bond donors (Lipinski definition) is 2. The molecule has 0 radical (unpaired) electrons. The van der Waals surface area contributed by atoms with Crippen LogP contribution in [0.25, 0.3) is 0 Å². The second kappa shape index (κ2) is 11.0. The zero-order valence-electron chi connectivity index (χ0n) is 19.0. The van der Waals surface area contributed by atoms with Gasteiger partial charge < -0.3 is 10.2 Å². The minimum absolute atomic E-state index is 0.0763. The van der Waals surface area contributed by atoms with E-state index < -0.39 is 10.0 Å². The highest BCUT2D eigenvalue weighted by atomic mass is 32.2. The minimum atomic E-state index is -3.62. The van der Waals surface area contributed by atoms with Crippen molar-refractivity contribution in [2.45, 2.75) is 29.7 Å². The van der Waals surface area contributed by atoms with E-state index >= 15 is 0 Å². The Morgan fingerprint density at radius 1 is 1.06 bits per heavy atom. The molecule has 2 N–H and O–H groups in total. The van der Waals surface area contributed by atoms with Crippen LogP contribution < -0.4 is 10.0 Å². The Morgan fingerprint density at radius 2 is 1.79 bits per heavy atom. The predicted molar refractivity (Wildman–Crippen MR) is 133 cm³/mol. The molecule has 2 aliphatic rings. The van der Waals surface area contributed by atoms with Gasteiger partial charge in [0.2, 0.25) is 15.9 Å². The van der Waals surface area contributed by atoms with Gasteiger partial charge in [-0.25, -0.2) is 13.1 Å². The molecular formula is C24H32N4O3S2. The molecule has 7 nitrogen and oxygen atoms in total. The van der Waals surface area contributed by atoms with E-state index in [9.17, 15) is 13.2 Å². The summed E-state index contributed by atoms with van der Waals surface area (Å²) in [7, 11) is -3.62. The third-order valence-electron chi connectivity index (χ3n) is 6.11. The van der Waals surface area contributed by atoms with Gasteiger partial charge >= 0.3 is 0 Å². The molecule has 2 aromatic rings. The lowest BCUT2D eigenvalue weighted by Crippen LogP contribution is -2.46. The van der Waals surface area contributed by atoms with E-state index in [1.807, 2.05) is 13.0 Å². The van der Waals surface area contributed by atoms with Crippen molar-refractivity contribution in [3.05, 3.63) is 54.1 Å². The number of anilines is 1. The van der Waals surface area contributed by atoms with Crippen molar-refractivity contribution in [3.63, 3.8) is 0 Å². The first kappa shape index (κ1) is 24.2. The average Bonchev–Trinajstić information content (AvgIpc) is 2.96. The number of fused-ring (bicyclic) bond motifs is 1. The number of nitrogens with zero attached hydrogens (tertiary/aromatic N) is 2. The van der Waals surface area contributed by atoms with Gasteiger partial charge in [-0.2, -0.15) is 0 Å². The number of nitrogens with one attached hydrogen (secondary N) is 2. The number of benzene rings is 2. The van der Waals surface area contributed by atoms with Crippen molar-refractivity contribution in [2.75, 3.05) is 50.3 Å². The lowest BCUT2D eigenvalue weighted by Gasteiger charge is -2.34. The molecule has 2 aliphatic heterocycles. The molecule has 178 valence electrons. The summed E-state index contributed by atoms with van der Waals surface area (Å²) in [6.07, 6.45) is 0.757. The van der Waals surface area contributed by atoms with Gasteiger partial charge in [0.05, 0.1) is 10.6 Å². The van der Waals surface area contributed by atoms with Crippen LogP contribution in [0.2, 0.25) is 0 Å². The van der Waals surface area contributed by atoms with Crippen molar-refractivity contribution in [2.24, 2.45) is 5.92 Å². The molecule has 0 bridgehead atoms. The Bertz CT molecular complexity index is 1050. The van der Waals surface area contributed by atoms with Crippen LogP contribution in [0.1, 0.15) is 18.9 Å². The maximum atomic E-state index is 12.8. The summed E-state index contributed by atoms with van der Waals surface area (Å²) in [4.78, 5) is 18.1. The third-order valence-corrected chi connectivity index (χ3v) is 8.91. The quantitative estimate of drug-likeness (QED) is 0.556. The van der Waals surface area contributed by atoms with E-state index in [1.54, 1.807) is 30.0 Å². The van der Waals surface area contributed by atoms with Gasteiger partial charge in [0.25, 0.3) is 0 Å². The van der Waals surface area contributed by atoms with Crippen LogP contribution in [0.15, 0.2) is 58.3 Å². The summed E-state index contributed by atoms with van der Waals surface area (Å²) in [5.74, 6) is 0.498. The number of carbonyl (C=O) groups excluding carboxylic acids is 1. The number of thioether (sulfide) groups is 1. The smallest absolute Gasteiger partial charge is 0.240 e. The number of amides is 1. The third kappa shape index (κ3) is 6.58. The summed E-state index contributed by atoms with van der Waals surface area (Å²) in [6, 6.07) is 15.5. The minimum Gasteiger partial charge on any atom is -0.325 e. The highest BCUT2D eigenvalue weighted by molar-refractivity contribution is 7.99. The van der Waals surface area contributed by atoms with Gasteiger partial charge in [0.1, 0.15) is 0 Å². The van der Waals surface area contributed by atoms with Crippen molar-refractivity contribution < 1.29 is 13.2 Å². The number of rotatable bonds is 8. The van der Waals surface area contributed by atoms with Gasteiger partial charge in [-0.15, -0.1) is 11.8 Å². The first-order valence-electron chi connectivity index (χ1n) is 11.5. The van der Waals surface area contributed by atoms with Crippen LogP contribution in [-0.2, 0) is 21.4 Å². The molecule has 0 spiro atoms. The van der Waals surface area contributed by atoms with E-state index in [4.69, 9.17) is 0 Å². The zero-order valence-corrected chi connectivity index (χ0v) is 20.6. The van der Waals surface area contributed by atoms with Gasteiger partial charge in [-0.05, 0) is 36.7 Å². The largest absolute Gasteiger partial charge is 0.325 e. The fourth-order valence-corrected chi connectivity index (χ4v) is 6.16. The monoisotopic (exact) mass is 488 g/mol. The lowest BCUT2D eigenvalue weighted by molar-refractivity contribution is -0.118. The van der Waals surface area contributed by atoms with E-state index in [0.29, 0.717) is 18.0 Å². The van der Waals surface area contributed by atoms with Crippen LogP contribution in [0.5, 0.6) is 0 Å². The topological polar surface area (TPSA) is 81.8 Å². The maximum Gasteiger partial charge on any atom is 0.240 e. The summed E-state index contributed by atoms with van der Waals surface area (Å²) in [5.41, 5.74) is 1.91. The van der Waals surface area contributed by atoms with Gasteiger partial charge in [-0.1, -0.05) is 37.3 Å². The van der Waals surface area contributed by atoms with E-state index in [2.05, 4.69) is 44.1 Å². The Kier molecular flexibility index (Phi) is 8.08. The molecule has 33 heavy (non-hydrogen) atoms. The van der Waals surface area contributed by atoms with Crippen LogP contribution >= 0.6 is 11.8 Å². The molecule has 4 rings (SSSR count). The molecule has 2 aromatic carbocycles. The lowest BCUT2D eigenvalue weighted by atomic mass is 10.2. The first-order chi connectivity index (χ1) is 15.9. The molecule has 0 unspecified atom stereocenters. The molecule has 1 amide bonds. The maximum absolute atomic E-state index is 12.8. The summed E-state index contributed by atoms with van der Waals surface area (Å²) in [5, 5.41) is 2.85. The molecule has 1 atom stereocenters. The van der Waals surface area contributed by atoms with Gasteiger partial charge in [0, 0.05) is 55.8 Å². The molecule has 0 saturated carbocycles. The molecule has 1 fully saturated rings. The Labute approximate surface area is 201 Å². The molecule has 0 aromatic heterocycles. The van der Waals surface area contributed by atoms with E-state index in [0.717, 1.165) is 50.6 Å². The number of sulfonamides is 1. The Balaban J connectivity index is 1.22. The highest BCUT2D eigenvalue weighted by Crippen LogP contribution is 2.34. The highest BCUT2D eigenvalue weighted by Gasteiger charge is 2.23. The molecule has 2 heterocycles. The van der Waals surface area contributed by atoms with E-state index in [-0.39, 0.29) is 16.7 Å². The first-order valence-corrected chi connectivity index (χ1v) is 13.9. The second-order valence-corrected chi connectivity index (χ2v) is 11.5.